The molecule has 1 aromatic rings. The molecule has 1 amide bonds. The summed E-state index contributed by atoms with van der Waals surface area (Å²) >= 11 is 0. The molecular formula is C10H17N5O. The first-order valence-electron chi connectivity index (χ1n) is 5.63. The van der Waals surface area contributed by atoms with Gasteiger partial charge in [-0.05, 0) is 25.7 Å². The van der Waals surface area contributed by atoms with Crippen LogP contribution in [-0.4, -0.2) is 33.0 Å². The zero-order valence-electron chi connectivity index (χ0n) is 9.17. The summed E-state index contributed by atoms with van der Waals surface area (Å²) in [6.07, 6.45) is 7.18. The van der Waals surface area contributed by atoms with Crippen LogP contribution in [0.1, 0.15) is 25.7 Å². The van der Waals surface area contributed by atoms with E-state index in [9.17, 15) is 4.79 Å². The third-order valence-corrected chi connectivity index (χ3v) is 2.91. The smallest absolute Gasteiger partial charge is 0.242 e. The largest absolute Gasteiger partial charge is 0.352 e. The fraction of sp³-hybridized carbons (Fsp3) is 0.700. The highest BCUT2D eigenvalue weighted by atomic mass is 16.2. The summed E-state index contributed by atoms with van der Waals surface area (Å²) in [5, 5.41) is 10.4. The van der Waals surface area contributed by atoms with Crippen molar-refractivity contribution in [3.8, 4) is 0 Å². The second-order valence-electron chi connectivity index (χ2n) is 4.28. The topological polar surface area (TPSA) is 85.8 Å². The molecule has 1 aromatic heterocycles. The van der Waals surface area contributed by atoms with Crippen LogP contribution in [0.3, 0.4) is 0 Å². The van der Waals surface area contributed by atoms with Gasteiger partial charge in [0.05, 0.1) is 6.20 Å². The SMILES string of the molecule is NC1CCC(NC(=O)Cn2ccnn2)CC1. The molecule has 0 bridgehead atoms. The maximum atomic E-state index is 11.6. The van der Waals surface area contributed by atoms with E-state index in [2.05, 4.69) is 15.6 Å². The molecule has 1 saturated carbocycles. The van der Waals surface area contributed by atoms with E-state index in [4.69, 9.17) is 5.73 Å². The van der Waals surface area contributed by atoms with Gasteiger partial charge in [-0.2, -0.15) is 0 Å². The van der Waals surface area contributed by atoms with Crippen LogP contribution in [0.15, 0.2) is 12.4 Å². The van der Waals surface area contributed by atoms with Gasteiger partial charge in [-0.1, -0.05) is 5.21 Å². The molecular weight excluding hydrogens is 206 g/mol. The van der Waals surface area contributed by atoms with Crippen LogP contribution in [0.2, 0.25) is 0 Å². The van der Waals surface area contributed by atoms with Gasteiger partial charge >= 0.3 is 0 Å². The number of nitrogens with two attached hydrogens (primary N) is 1. The Labute approximate surface area is 94.2 Å². The van der Waals surface area contributed by atoms with Gasteiger partial charge in [-0.15, -0.1) is 5.10 Å². The third-order valence-electron chi connectivity index (χ3n) is 2.91. The minimum absolute atomic E-state index is 0.00836. The summed E-state index contributed by atoms with van der Waals surface area (Å²) in [5.41, 5.74) is 5.80. The van der Waals surface area contributed by atoms with Gasteiger partial charge in [0.25, 0.3) is 0 Å². The molecule has 0 unspecified atom stereocenters. The van der Waals surface area contributed by atoms with Gasteiger partial charge in [0, 0.05) is 18.3 Å². The average Bonchev–Trinajstić information content (AvgIpc) is 2.74. The number of hydrogen-bond acceptors (Lipinski definition) is 4. The van der Waals surface area contributed by atoms with Crippen LogP contribution in [0.25, 0.3) is 0 Å². The van der Waals surface area contributed by atoms with Crippen LogP contribution in [0.5, 0.6) is 0 Å². The lowest BCUT2D eigenvalue weighted by molar-refractivity contribution is -0.122. The summed E-state index contributed by atoms with van der Waals surface area (Å²) in [6.45, 7) is 0.239. The highest BCUT2D eigenvalue weighted by molar-refractivity contribution is 5.75. The Balaban J connectivity index is 1.75. The number of hydrogen-bond donors (Lipinski definition) is 2. The number of carbonyl (C=O) groups excluding carboxylic acids is 1. The summed E-state index contributed by atoms with van der Waals surface area (Å²) < 4.78 is 1.52. The van der Waals surface area contributed by atoms with E-state index in [1.54, 1.807) is 12.4 Å². The maximum Gasteiger partial charge on any atom is 0.242 e. The fourth-order valence-electron chi connectivity index (χ4n) is 2.00. The quantitative estimate of drug-likeness (QED) is 0.734. The molecule has 0 spiro atoms. The van der Waals surface area contributed by atoms with Crippen LogP contribution in [0, 0.1) is 0 Å². The zero-order valence-corrected chi connectivity index (χ0v) is 9.17. The summed E-state index contributed by atoms with van der Waals surface area (Å²) in [7, 11) is 0. The van der Waals surface area contributed by atoms with E-state index < -0.39 is 0 Å². The standard InChI is InChI=1S/C10H17N5O/c11-8-1-3-9(4-2-8)13-10(16)7-15-6-5-12-14-15/h5-6,8-9H,1-4,7,11H2,(H,13,16). The predicted octanol–water partition coefficient (Wildman–Crippen LogP) is -0.336. The predicted molar refractivity (Wildman–Crippen MR) is 58.4 cm³/mol. The Morgan fingerprint density at radius 1 is 1.44 bits per heavy atom. The molecule has 2 rings (SSSR count). The lowest BCUT2D eigenvalue weighted by Gasteiger charge is -2.26. The van der Waals surface area contributed by atoms with Gasteiger partial charge in [-0.25, -0.2) is 4.68 Å². The molecule has 1 aliphatic carbocycles. The molecule has 0 radical (unpaired) electrons. The Morgan fingerprint density at radius 2 is 2.19 bits per heavy atom. The zero-order chi connectivity index (χ0) is 11.4. The van der Waals surface area contributed by atoms with Crippen molar-refractivity contribution in [2.24, 2.45) is 5.73 Å². The molecule has 1 aliphatic rings. The van der Waals surface area contributed by atoms with Crippen molar-refractivity contribution < 1.29 is 4.79 Å². The van der Waals surface area contributed by atoms with Crippen molar-refractivity contribution in [2.45, 2.75) is 44.3 Å². The molecule has 0 atom stereocenters. The van der Waals surface area contributed by atoms with Crippen LogP contribution >= 0.6 is 0 Å². The first kappa shape index (κ1) is 11.1. The number of nitrogens with zero attached hydrogens (tertiary/aromatic N) is 3. The van der Waals surface area contributed by atoms with Gasteiger partial charge in [-0.3, -0.25) is 4.79 Å². The van der Waals surface area contributed by atoms with Gasteiger partial charge in [0.15, 0.2) is 0 Å². The van der Waals surface area contributed by atoms with Crippen molar-refractivity contribution in [1.29, 1.82) is 0 Å². The number of rotatable bonds is 3. The Bertz CT molecular complexity index is 329. The van der Waals surface area contributed by atoms with E-state index in [0.29, 0.717) is 6.04 Å². The first-order valence-corrected chi connectivity index (χ1v) is 5.63. The first-order chi connectivity index (χ1) is 7.74. The molecule has 88 valence electrons. The van der Waals surface area contributed by atoms with Gasteiger partial charge < -0.3 is 11.1 Å². The van der Waals surface area contributed by atoms with E-state index in [0.717, 1.165) is 25.7 Å². The fourth-order valence-corrected chi connectivity index (χ4v) is 2.00. The number of carbonyl (C=O) groups is 1. The van der Waals surface area contributed by atoms with Crippen LogP contribution in [0.4, 0.5) is 0 Å². The minimum atomic E-state index is -0.00836. The van der Waals surface area contributed by atoms with E-state index in [1.807, 2.05) is 0 Å². The molecule has 16 heavy (non-hydrogen) atoms. The Hall–Kier alpha value is -1.43. The second-order valence-corrected chi connectivity index (χ2v) is 4.28. The van der Waals surface area contributed by atoms with Crippen molar-refractivity contribution in [1.82, 2.24) is 20.3 Å². The van der Waals surface area contributed by atoms with Crippen molar-refractivity contribution in [3.05, 3.63) is 12.4 Å². The van der Waals surface area contributed by atoms with E-state index in [-0.39, 0.29) is 18.5 Å². The van der Waals surface area contributed by atoms with E-state index >= 15 is 0 Å². The third kappa shape index (κ3) is 3.03. The molecule has 0 saturated heterocycles. The molecule has 3 N–H and O–H groups in total. The van der Waals surface area contributed by atoms with E-state index in [1.165, 1.54) is 4.68 Å². The van der Waals surface area contributed by atoms with Gasteiger partial charge in [0.2, 0.25) is 5.91 Å². The minimum Gasteiger partial charge on any atom is -0.352 e. The van der Waals surface area contributed by atoms with Crippen molar-refractivity contribution in [3.63, 3.8) is 0 Å². The van der Waals surface area contributed by atoms with Crippen LogP contribution in [-0.2, 0) is 11.3 Å². The number of aromatic nitrogens is 3. The Morgan fingerprint density at radius 3 is 2.81 bits per heavy atom. The molecule has 6 heteroatoms. The lowest BCUT2D eigenvalue weighted by atomic mass is 9.92. The second kappa shape index (κ2) is 5.07. The highest BCUT2D eigenvalue weighted by Gasteiger charge is 2.19. The monoisotopic (exact) mass is 223 g/mol. The summed E-state index contributed by atoms with van der Waals surface area (Å²) in [4.78, 5) is 11.6. The molecule has 6 nitrogen and oxygen atoms in total. The number of nitrogens with one attached hydrogen (secondary N) is 1. The molecule has 0 aromatic carbocycles. The summed E-state index contributed by atoms with van der Waals surface area (Å²) in [6, 6.07) is 0.583. The molecule has 0 aliphatic heterocycles. The lowest BCUT2D eigenvalue weighted by Crippen LogP contribution is -2.41. The Kier molecular flexibility index (Phi) is 3.51. The van der Waals surface area contributed by atoms with Crippen molar-refractivity contribution >= 4 is 5.91 Å². The molecule has 1 heterocycles. The summed E-state index contributed by atoms with van der Waals surface area (Å²) in [5.74, 6) is -0.00836. The molecule has 1 fully saturated rings. The normalized spacial score (nSPS) is 25.3. The highest BCUT2D eigenvalue weighted by Crippen LogP contribution is 2.16. The van der Waals surface area contributed by atoms with Gasteiger partial charge in [0.1, 0.15) is 6.54 Å². The maximum absolute atomic E-state index is 11.6. The average molecular weight is 223 g/mol. The van der Waals surface area contributed by atoms with Crippen molar-refractivity contribution in [2.75, 3.05) is 0 Å². The van der Waals surface area contributed by atoms with Crippen LogP contribution < -0.4 is 11.1 Å². The number of amides is 1.